The third-order valence-electron chi connectivity index (χ3n) is 4.11. The molecule has 0 aromatic heterocycles. The summed E-state index contributed by atoms with van der Waals surface area (Å²) in [6.45, 7) is -0.248. The van der Waals surface area contributed by atoms with Crippen molar-refractivity contribution in [1.82, 2.24) is 10.0 Å². The third kappa shape index (κ3) is 4.69. The van der Waals surface area contributed by atoms with Crippen molar-refractivity contribution in [3.8, 4) is 0 Å². The number of hydrogen-bond acceptors (Lipinski definition) is 4. The summed E-state index contributed by atoms with van der Waals surface area (Å²) in [5.74, 6) is -1.06. The van der Waals surface area contributed by atoms with Gasteiger partial charge in [0.15, 0.2) is 0 Å². The number of amides is 2. The second-order valence-corrected chi connectivity index (χ2v) is 7.83. The highest BCUT2D eigenvalue weighted by Gasteiger charge is 2.22. The first-order valence-electron chi connectivity index (χ1n) is 8.28. The smallest absolute Gasteiger partial charge is 0.241 e. The van der Waals surface area contributed by atoms with Gasteiger partial charge in [0.25, 0.3) is 0 Å². The highest BCUT2D eigenvalue weighted by molar-refractivity contribution is 7.89. The van der Waals surface area contributed by atoms with E-state index in [-0.39, 0.29) is 29.6 Å². The fraction of sp³-hybridized carbons (Fsp3) is 0.222. The van der Waals surface area contributed by atoms with Crippen LogP contribution in [0.25, 0.3) is 0 Å². The van der Waals surface area contributed by atoms with Crippen molar-refractivity contribution in [2.24, 2.45) is 0 Å². The Labute approximate surface area is 156 Å². The second-order valence-electron chi connectivity index (χ2n) is 6.06. The van der Waals surface area contributed by atoms with Crippen molar-refractivity contribution in [3.63, 3.8) is 0 Å². The zero-order valence-electron chi connectivity index (χ0n) is 14.3. The number of fused-ring (bicyclic) bond motifs is 1. The lowest BCUT2D eigenvalue weighted by molar-refractivity contribution is -0.120. The highest BCUT2D eigenvalue weighted by atomic mass is 32.2. The molecule has 0 fully saturated rings. The van der Waals surface area contributed by atoms with Crippen LogP contribution < -0.4 is 15.4 Å². The van der Waals surface area contributed by atoms with Crippen molar-refractivity contribution in [2.45, 2.75) is 17.7 Å². The lowest BCUT2D eigenvalue weighted by Gasteiger charge is -2.09. The van der Waals surface area contributed by atoms with E-state index in [9.17, 15) is 22.4 Å². The molecule has 0 saturated heterocycles. The summed E-state index contributed by atoms with van der Waals surface area (Å²) in [4.78, 5) is 23.2. The zero-order valence-corrected chi connectivity index (χ0v) is 15.1. The van der Waals surface area contributed by atoms with Gasteiger partial charge in [0.05, 0.1) is 17.9 Å². The molecule has 1 heterocycles. The first kappa shape index (κ1) is 19.0. The van der Waals surface area contributed by atoms with Crippen LogP contribution in [-0.4, -0.2) is 33.3 Å². The molecule has 0 radical (unpaired) electrons. The van der Waals surface area contributed by atoms with Crippen LogP contribution in [0.2, 0.25) is 0 Å². The SMILES string of the molecule is O=C(CNS(=O)(=O)c1ccc2c(c1)CC(=O)N2)NCCc1ccccc1F. The molecule has 1 aliphatic heterocycles. The Morgan fingerprint density at radius 2 is 1.96 bits per heavy atom. The molecule has 9 heteroatoms. The predicted molar refractivity (Wildman–Crippen MR) is 97.1 cm³/mol. The van der Waals surface area contributed by atoms with Crippen LogP contribution in [0, 0.1) is 5.82 Å². The van der Waals surface area contributed by atoms with E-state index in [1.807, 2.05) is 0 Å². The van der Waals surface area contributed by atoms with Gasteiger partial charge in [-0.1, -0.05) is 18.2 Å². The average Bonchev–Trinajstić information content (AvgIpc) is 3.01. The van der Waals surface area contributed by atoms with Crippen molar-refractivity contribution >= 4 is 27.5 Å². The standard InChI is InChI=1S/C18H18FN3O4S/c19-15-4-2-1-3-12(15)7-8-20-18(24)11-21-27(25,26)14-5-6-16-13(9-14)10-17(23)22-16/h1-6,9,21H,7-8,10-11H2,(H,20,24)(H,22,23). The molecule has 3 rings (SSSR count). The van der Waals surface area contributed by atoms with Crippen LogP contribution in [0.5, 0.6) is 0 Å². The number of sulfonamides is 1. The van der Waals surface area contributed by atoms with E-state index < -0.39 is 22.5 Å². The van der Waals surface area contributed by atoms with Crippen LogP contribution >= 0.6 is 0 Å². The van der Waals surface area contributed by atoms with E-state index in [0.29, 0.717) is 23.2 Å². The summed E-state index contributed by atoms with van der Waals surface area (Å²) >= 11 is 0. The first-order valence-corrected chi connectivity index (χ1v) is 9.76. The number of hydrogen-bond donors (Lipinski definition) is 3. The largest absolute Gasteiger partial charge is 0.355 e. The minimum Gasteiger partial charge on any atom is -0.355 e. The number of carbonyl (C=O) groups is 2. The van der Waals surface area contributed by atoms with Crippen LogP contribution in [-0.2, 0) is 32.5 Å². The van der Waals surface area contributed by atoms with E-state index in [2.05, 4.69) is 15.4 Å². The van der Waals surface area contributed by atoms with Gasteiger partial charge < -0.3 is 10.6 Å². The van der Waals surface area contributed by atoms with E-state index in [0.717, 1.165) is 0 Å². The van der Waals surface area contributed by atoms with Gasteiger partial charge in [-0.05, 0) is 41.8 Å². The Kier molecular flexibility index (Phi) is 5.52. The van der Waals surface area contributed by atoms with Crippen LogP contribution in [0.4, 0.5) is 10.1 Å². The minimum atomic E-state index is -3.89. The van der Waals surface area contributed by atoms with Gasteiger partial charge in [0, 0.05) is 12.2 Å². The molecule has 27 heavy (non-hydrogen) atoms. The van der Waals surface area contributed by atoms with Crippen LogP contribution in [0.1, 0.15) is 11.1 Å². The molecule has 0 bridgehead atoms. The Balaban J connectivity index is 1.51. The van der Waals surface area contributed by atoms with Crippen LogP contribution in [0.3, 0.4) is 0 Å². The lowest BCUT2D eigenvalue weighted by Crippen LogP contribution is -2.37. The van der Waals surface area contributed by atoms with Crippen LogP contribution in [0.15, 0.2) is 47.4 Å². The molecular formula is C18H18FN3O4S. The minimum absolute atomic E-state index is 0.0168. The van der Waals surface area contributed by atoms with Gasteiger partial charge in [-0.15, -0.1) is 0 Å². The summed E-state index contributed by atoms with van der Waals surface area (Å²) in [6, 6.07) is 10.5. The predicted octanol–water partition coefficient (Wildman–Crippen LogP) is 0.958. The Bertz CT molecular complexity index is 992. The molecule has 0 aliphatic carbocycles. The molecule has 2 aromatic rings. The number of anilines is 1. The normalized spacial score (nSPS) is 13.1. The number of carbonyl (C=O) groups excluding carboxylic acids is 2. The van der Waals surface area contributed by atoms with E-state index >= 15 is 0 Å². The molecule has 3 N–H and O–H groups in total. The highest BCUT2D eigenvalue weighted by Crippen LogP contribution is 2.25. The van der Waals surface area contributed by atoms with Crippen molar-refractivity contribution in [2.75, 3.05) is 18.4 Å². The maximum absolute atomic E-state index is 13.5. The molecule has 142 valence electrons. The number of rotatable bonds is 7. The summed E-state index contributed by atoms with van der Waals surface area (Å²) in [5.41, 5.74) is 1.65. The number of halogens is 1. The molecule has 2 amide bonds. The molecule has 7 nitrogen and oxygen atoms in total. The third-order valence-corrected chi connectivity index (χ3v) is 5.51. The average molecular weight is 391 g/mol. The lowest BCUT2D eigenvalue weighted by atomic mass is 10.1. The molecular weight excluding hydrogens is 373 g/mol. The second kappa shape index (κ2) is 7.85. The van der Waals surface area contributed by atoms with Gasteiger partial charge in [-0.25, -0.2) is 17.5 Å². The number of benzene rings is 2. The Morgan fingerprint density at radius 3 is 2.74 bits per heavy atom. The molecule has 0 spiro atoms. The van der Waals surface area contributed by atoms with E-state index in [1.165, 1.54) is 24.3 Å². The van der Waals surface area contributed by atoms with Gasteiger partial charge in [-0.2, -0.15) is 0 Å². The molecule has 2 aromatic carbocycles. The summed E-state index contributed by atoms with van der Waals surface area (Å²) in [7, 11) is -3.89. The maximum atomic E-state index is 13.5. The Hall–Kier alpha value is -2.78. The topological polar surface area (TPSA) is 104 Å². The fourth-order valence-corrected chi connectivity index (χ4v) is 3.75. The molecule has 0 saturated carbocycles. The van der Waals surface area contributed by atoms with Gasteiger partial charge >= 0.3 is 0 Å². The molecule has 1 aliphatic rings. The number of nitrogens with one attached hydrogen (secondary N) is 3. The molecule has 0 atom stereocenters. The quantitative estimate of drug-likeness (QED) is 0.654. The van der Waals surface area contributed by atoms with Crippen molar-refractivity contribution in [3.05, 3.63) is 59.4 Å². The van der Waals surface area contributed by atoms with Gasteiger partial charge in [-0.3, -0.25) is 9.59 Å². The van der Waals surface area contributed by atoms with E-state index in [1.54, 1.807) is 18.2 Å². The summed E-state index contributed by atoms with van der Waals surface area (Å²) in [5, 5.41) is 5.16. The molecule has 0 unspecified atom stereocenters. The van der Waals surface area contributed by atoms with Crippen molar-refractivity contribution in [1.29, 1.82) is 0 Å². The summed E-state index contributed by atoms with van der Waals surface area (Å²) in [6.07, 6.45) is 0.423. The van der Waals surface area contributed by atoms with E-state index in [4.69, 9.17) is 0 Å². The first-order chi connectivity index (χ1) is 12.8. The van der Waals surface area contributed by atoms with Gasteiger partial charge in [0.2, 0.25) is 21.8 Å². The monoisotopic (exact) mass is 391 g/mol. The fourth-order valence-electron chi connectivity index (χ4n) is 2.72. The summed E-state index contributed by atoms with van der Waals surface area (Å²) < 4.78 is 40.3. The van der Waals surface area contributed by atoms with Crippen molar-refractivity contribution < 1.29 is 22.4 Å². The maximum Gasteiger partial charge on any atom is 0.241 e. The Morgan fingerprint density at radius 1 is 1.19 bits per heavy atom. The van der Waals surface area contributed by atoms with Gasteiger partial charge in [0.1, 0.15) is 5.82 Å². The zero-order chi connectivity index (χ0) is 19.4.